The van der Waals surface area contributed by atoms with E-state index < -0.39 is 0 Å². The van der Waals surface area contributed by atoms with Crippen LogP contribution in [0.15, 0.2) is 12.4 Å². The van der Waals surface area contributed by atoms with Crippen LogP contribution in [-0.2, 0) is 0 Å². The fourth-order valence-corrected chi connectivity index (χ4v) is 5.48. The average molecular weight is 477 g/mol. The van der Waals surface area contributed by atoms with Gasteiger partial charge in [-0.2, -0.15) is 0 Å². The van der Waals surface area contributed by atoms with Gasteiger partial charge in [0.25, 0.3) is 0 Å². The van der Waals surface area contributed by atoms with E-state index in [1.165, 1.54) is 167 Å². The fraction of sp³-hybridized carbons (Fsp3) is 0.938. The Balaban J connectivity index is 2.16. The van der Waals surface area contributed by atoms with Crippen LogP contribution in [-0.4, -0.2) is 29.1 Å². The average Bonchev–Trinajstić information content (AvgIpc) is 3.23. The first-order valence-corrected chi connectivity index (χ1v) is 16.0. The number of unbranched alkanes of at least 4 members (excludes halogenated alkanes) is 20. The molecule has 0 N–H and O–H groups in total. The van der Waals surface area contributed by atoms with Gasteiger partial charge in [-0.15, -0.1) is 0 Å². The zero-order valence-corrected chi connectivity index (χ0v) is 24.0. The highest BCUT2D eigenvalue weighted by Crippen LogP contribution is 2.23. The van der Waals surface area contributed by atoms with E-state index in [0.29, 0.717) is 6.17 Å². The summed E-state index contributed by atoms with van der Waals surface area (Å²) in [5.41, 5.74) is 0. The normalized spacial score (nSPS) is 15.7. The topological polar surface area (TPSA) is 6.48 Å². The van der Waals surface area contributed by atoms with Crippen molar-refractivity contribution in [1.82, 2.24) is 9.80 Å². The SMILES string of the molecule is CCCCCCCCCCCCCCC1N(CCCCC)C=CN1CCCCCCCCCC. The molecule has 2 nitrogen and oxygen atoms in total. The lowest BCUT2D eigenvalue weighted by molar-refractivity contribution is 0.135. The summed E-state index contributed by atoms with van der Waals surface area (Å²) in [4.78, 5) is 5.35. The molecule has 0 aliphatic carbocycles. The number of hydrogen-bond acceptors (Lipinski definition) is 2. The number of hydrogen-bond donors (Lipinski definition) is 0. The van der Waals surface area contributed by atoms with Gasteiger partial charge in [-0.3, -0.25) is 0 Å². The standard InChI is InChI=1S/C32H64N2/c1-4-7-10-12-14-16-17-18-19-20-22-24-27-32-33(28-25-9-6-3)30-31-34(32)29-26-23-21-15-13-11-8-5-2/h30-32H,4-29H2,1-3H3. The van der Waals surface area contributed by atoms with Crippen LogP contribution in [0, 0.1) is 0 Å². The first kappa shape index (κ1) is 31.4. The van der Waals surface area contributed by atoms with Crippen molar-refractivity contribution >= 4 is 0 Å². The molecule has 0 spiro atoms. The van der Waals surface area contributed by atoms with Gasteiger partial charge in [0.2, 0.25) is 0 Å². The van der Waals surface area contributed by atoms with Crippen LogP contribution in [0.3, 0.4) is 0 Å². The van der Waals surface area contributed by atoms with Gasteiger partial charge in [0, 0.05) is 25.5 Å². The summed E-state index contributed by atoms with van der Waals surface area (Å²) < 4.78 is 0. The lowest BCUT2D eigenvalue weighted by Gasteiger charge is -2.33. The Hall–Kier alpha value is -0.660. The van der Waals surface area contributed by atoms with Crippen molar-refractivity contribution in [3.05, 3.63) is 12.4 Å². The van der Waals surface area contributed by atoms with Crippen LogP contribution >= 0.6 is 0 Å². The molecule has 34 heavy (non-hydrogen) atoms. The number of rotatable bonds is 26. The smallest absolute Gasteiger partial charge is 0.101 e. The van der Waals surface area contributed by atoms with Gasteiger partial charge >= 0.3 is 0 Å². The van der Waals surface area contributed by atoms with E-state index in [0.717, 1.165) is 0 Å². The van der Waals surface area contributed by atoms with E-state index in [1.807, 2.05) is 0 Å². The third kappa shape index (κ3) is 16.9. The molecule has 0 aromatic heterocycles. The highest BCUT2D eigenvalue weighted by Gasteiger charge is 2.24. The Labute approximate surface area is 216 Å². The number of nitrogens with zero attached hydrogens (tertiary/aromatic N) is 2. The van der Waals surface area contributed by atoms with Gasteiger partial charge in [-0.05, 0) is 25.7 Å². The fourth-order valence-electron chi connectivity index (χ4n) is 5.48. The zero-order chi connectivity index (χ0) is 24.5. The Morgan fingerprint density at radius 3 is 1.09 bits per heavy atom. The van der Waals surface area contributed by atoms with E-state index in [-0.39, 0.29) is 0 Å². The third-order valence-electron chi connectivity index (χ3n) is 7.82. The van der Waals surface area contributed by atoms with Gasteiger partial charge in [-0.1, -0.05) is 149 Å². The van der Waals surface area contributed by atoms with Crippen molar-refractivity contribution in [1.29, 1.82) is 0 Å². The lowest BCUT2D eigenvalue weighted by Crippen LogP contribution is -2.39. The molecule has 1 aliphatic rings. The van der Waals surface area contributed by atoms with E-state index in [1.54, 1.807) is 0 Å². The first-order chi connectivity index (χ1) is 16.8. The minimum absolute atomic E-state index is 0.643. The predicted octanol–water partition coefficient (Wildman–Crippen LogP) is 10.8. The molecule has 0 fully saturated rings. The zero-order valence-electron chi connectivity index (χ0n) is 24.0. The maximum Gasteiger partial charge on any atom is 0.101 e. The molecule has 1 unspecified atom stereocenters. The molecule has 202 valence electrons. The summed E-state index contributed by atoms with van der Waals surface area (Å²) in [5.74, 6) is 0. The summed E-state index contributed by atoms with van der Waals surface area (Å²) >= 11 is 0. The molecule has 0 radical (unpaired) electrons. The Morgan fingerprint density at radius 1 is 0.382 bits per heavy atom. The van der Waals surface area contributed by atoms with E-state index in [2.05, 4.69) is 43.0 Å². The molecule has 1 atom stereocenters. The molecule has 0 bridgehead atoms. The second-order valence-electron chi connectivity index (χ2n) is 11.1. The quantitative estimate of drug-likeness (QED) is 0.114. The minimum Gasteiger partial charge on any atom is -0.356 e. The summed E-state index contributed by atoms with van der Waals surface area (Å²) in [6.07, 6.45) is 39.5. The molecule has 0 amide bonds. The van der Waals surface area contributed by atoms with E-state index in [9.17, 15) is 0 Å². The van der Waals surface area contributed by atoms with Crippen LogP contribution in [0.2, 0.25) is 0 Å². The molecule has 1 rings (SSSR count). The van der Waals surface area contributed by atoms with E-state index >= 15 is 0 Å². The van der Waals surface area contributed by atoms with Gasteiger partial charge < -0.3 is 9.80 Å². The van der Waals surface area contributed by atoms with Crippen molar-refractivity contribution in [2.75, 3.05) is 13.1 Å². The molecule has 0 saturated heterocycles. The molecule has 1 aliphatic heterocycles. The summed E-state index contributed by atoms with van der Waals surface area (Å²) in [6.45, 7) is 9.45. The Morgan fingerprint density at radius 2 is 0.676 bits per heavy atom. The lowest BCUT2D eigenvalue weighted by atomic mass is 10.0. The largest absolute Gasteiger partial charge is 0.356 e. The van der Waals surface area contributed by atoms with Crippen LogP contribution in [0.25, 0.3) is 0 Å². The minimum atomic E-state index is 0.643. The van der Waals surface area contributed by atoms with Crippen molar-refractivity contribution < 1.29 is 0 Å². The molecule has 0 aromatic carbocycles. The van der Waals surface area contributed by atoms with Crippen molar-refractivity contribution in [2.45, 2.75) is 181 Å². The maximum absolute atomic E-state index is 2.68. The van der Waals surface area contributed by atoms with Crippen molar-refractivity contribution in [3.63, 3.8) is 0 Å². The predicted molar refractivity (Wildman–Crippen MR) is 154 cm³/mol. The second-order valence-corrected chi connectivity index (χ2v) is 11.1. The van der Waals surface area contributed by atoms with Crippen molar-refractivity contribution in [2.24, 2.45) is 0 Å². The van der Waals surface area contributed by atoms with Crippen molar-refractivity contribution in [3.8, 4) is 0 Å². The van der Waals surface area contributed by atoms with Gasteiger partial charge in [0.05, 0.1) is 0 Å². The third-order valence-corrected chi connectivity index (χ3v) is 7.82. The van der Waals surface area contributed by atoms with Crippen LogP contribution in [0.4, 0.5) is 0 Å². The summed E-state index contributed by atoms with van der Waals surface area (Å²) in [6, 6.07) is 0. The monoisotopic (exact) mass is 477 g/mol. The molecule has 1 heterocycles. The highest BCUT2D eigenvalue weighted by atomic mass is 15.4. The summed E-state index contributed by atoms with van der Waals surface area (Å²) in [7, 11) is 0. The Kier molecular flexibility index (Phi) is 22.2. The molecule has 0 saturated carbocycles. The summed E-state index contributed by atoms with van der Waals surface area (Å²) in [5, 5.41) is 0. The molecule has 0 aromatic rings. The van der Waals surface area contributed by atoms with Gasteiger partial charge in [0.15, 0.2) is 0 Å². The highest BCUT2D eigenvalue weighted by molar-refractivity contribution is 4.97. The molecular formula is C32H64N2. The van der Waals surface area contributed by atoms with Crippen LogP contribution in [0.1, 0.15) is 175 Å². The molecular weight excluding hydrogens is 412 g/mol. The van der Waals surface area contributed by atoms with Gasteiger partial charge in [0.1, 0.15) is 6.17 Å². The first-order valence-electron chi connectivity index (χ1n) is 16.0. The second kappa shape index (κ2) is 24.1. The maximum atomic E-state index is 2.68. The van der Waals surface area contributed by atoms with Crippen LogP contribution in [0.5, 0.6) is 0 Å². The molecule has 2 heteroatoms. The van der Waals surface area contributed by atoms with Gasteiger partial charge in [-0.25, -0.2) is 0 Å². The Bertz CT molecular complexity index is 433. The van der Waals surface area contributed by atoms with E-state index in [4.69, 9.17) is 0 Å². The van der Waals surface area contributed by atoms with Crippen LogP contribution < -0.4 is 0 Å².